The summed E-state index contributed by atoms with van der Waals surface area (Å²) in [6.07, 6.45) is 1.18. The largest absolute Gasteiger partial charge is 0.374 e. The van der Waals surface area contributed by atoms with Crippen molar-refractivity contribution >= 4 is 0 Å². The lowest BCUT2D eigenvalue weighted by atomic mass is 9.91. The van der Waals surface area contributed by atoms with E-state index in [1.807, 2.05) is 97.1 Å². The average molecular weight is 474 g/mol. The van der Waals surface area contributed by atoms with E-state index in [1.165, 1.54) is 0 Å². The zero-order valence-electron chi connectivity index (χ0n) is 20.1. The van der Waals surface area contributed by atoms with Gasteiger partial charge in [-0.15, -0.1) is 6.58 Å². The molecule has 1 heterocycles. The number of hydrogen-bond acceptors (Lipinski definition) is 5. The van der Waals surface area contributed by atoms with E-state index in [4.69, 9.17) is 24.7 Å². The maximum Gasteiger partial charge on any atom is 0.114 e. The molecule has 3 aromatic rings. The molecule has 5 atom stereocenters. The van der Waals surface area contributed by atoms with Crippen LogP contribution in [0.25, 0.3) is 0 Å². The quantitative estimate of drug-likeness (QED) is 0.373. The van der Waals surface area contributed by atoms with Crippen LogP contribution in [0.4, 0.5) is 0 Å². The van der Waals surface area contributed by atoms with Crippen LogP contribution in [0.1, 0.15) is 23.1 Å². The summed E-state index contributed by atoms with van der Waals surface area (Å²) in [5.74, 6) is 0. The Bertz CT molecular complexity index is 999. The van der Waals surface area contributed by atoms with E-state index < -0.39 is 0 Å². The summed E-state index contributed by atoms with van der Waals surface area (Å²) < 4.78 is 25.4. The van der Waals surface area contributed by atoms with Gasteiger partial charge in [0, 0.05) is 0 Å². The number of hydrogen-bond donors (Lipinski definition) is 1. The van der Waals surface area contributed by atoms with Crippen molar-refractivity contribution in [2.24, 2.45) is 5.73 Å². The molecule has 3 aromatic carbocycles. The molecule has 184 valence electrons. The van der Waals surface area contributed by atoms with Gasteiger partial charge in [0.15, 0.2) is 0 Å². The lowest BCUT2D eigenvalue weighted by molar-refractivity contribution is -0.227. The van der Waals surface area contributed by atoms with Crippen molar-refractivity contribution in [1.29, 1.82) is 0 Å². The zero-order valence-corrected chi connectivity index (χ0v) is 20.1. The molecule has 5 nitrogen and oxygen atoms in total. The van der Waals surface area contributed by atoms with Crippen molar-refractivity contribution in [2.45, 2.75) is 56.7 Å². The normalized spacial score (nSPS) is 24.2. The molecule has 0 bridgehead atoms. The molecule has 0 radical (unpaired) electrons. The smallest absolute Gasteiger partial charge is 0.114 e. The van der Waals surface area contributed by atoms with Crippen molar-refractivity contribution in [3.8, 4) is 0 Å². The highest BCUT2D eigenvalue weighted by Crippen LogP contribution is 2.29. The molecule has 0 aromatic heterocycles. The van der Waals surface area contributed by atoms with Gasteiger partial charge < -0.3 is 24.7 Å². The van der Waals surface area contributed by atoms with Crippen LogP contribution in [0, 0.1) is 0 Å². The first-order chi connectivity index (χ1) is 17.2. The highest BCUT2D eigenvalue weighted by molar-refractivity contribution is 5.15. The standard InChI is InChI=1S/C30H35NO4/c1-2-12-26-28(31)30(34-21-25-17-10-5-11-18-25)29(33-20-24-15-8-4-9-16-24)27(35-26)22-32-19-23-13-6-3-7-14-23/h2-11,13-18,26-30H,1,12,19-22,31H2/t26-,27-,28-,29-,30-/m1/s1. The number of nitrogens with two attached hydrogens (primary N) is 1. The third-order valence-corrected chi connectivity index (χ3v) is 6.21. The van der Waals surface area contributed by atoms with Crippen molar-refractivity contribution in [1.82, 2.24) is 0 Å². The summed E-state index contributed by atoms with van der Waals surface area (Å²) in [6.45, 7) is 5.65. The van der Waals surface area contributed by atoms with Crippen molar-refractivity contribution < 1.29 is 18.9 Å². The Labute approximate surface area is 208 Å². The van der Waals surface area contributed by atoms with Gasteiger partial charge in [0.05, 0.1) is 38.6 Å². The molecule has 2 N–H and O–H groups in total. The van der Waals surface area contributed by atoms with E-state index in [2.05, 4.69) is 6.58 Å². The average Bonchev–Trinajstić information content (AvgIpc) is 2.90. The molecular formula is C30H35NO4. The molecule has 1 saturated heterocycles. The molecule has 35 heavy (non-hydrogen) atoms. The number of benzene rings is 3. The fourth-order valence-corrected chi connectivity index (χ4v) is 4.35. The summed E-state index contributed by atoms with van der Waals surface area (Å²) in [4.78, 5) is 0. The molecule has 0 unspecified atom stereocenters. The van der Waals surface area contributed by atoms with Crippen LogP contribution in [-0.2, 0) is 38.8 Å². The Kier molecular flexibility index (Phi) is 9.64. The van der Waals surface area contributed by atoms with Crippen LogP contribution in [0.2, 0.25) is 0 Å². The van der Waals surface area contributed by atoms with Crippen molar-refractivity contribution in [3.63, 3.8) is 0 Å². The third-order valence-electron chi connectivity index (χ3n) is 6.21. The predicted molar refractivity (Wildman–Crippen MR) is 138 cm³/mol. The molecule has 0 aliphatic carbocycles. The van der Waals surface area contributed by atoms with E-state index in [-0.39, 0.29) is 30.5 Å². The maximum atomic E-state index is 6.70. The van der Waals surface area contributed by atoms with Gasteiger partial charge in [0.2, 0.25) is 0 Å². The van der Waals surface area contributed by atoms with E-state index in [0.717, 1.165) is 16.7 Å². The second-order valence-corrected chi connectivity index (χ2v) is 8.84. The van der Waals surface area contributed by atoms with Gasteiger partial charge >= 0.3 is 0 Å². The van der Waals surface area contributed by atoms with Gasteiger partial charge in [0.25, 0.3) is 0 Å². The first kappa shape index (κ1) is 25.3. The monoisotopic (exact) mass is 473 g/mol. The van der Waals surface area contributed by atoms with Crippen LogP contribution in [0.5, 0.6) is 0 Å². The first-order valence-corrected chi connectivity index (χ1v) is 12.2. The lowest BCUT2D eigenvalue weighted by Gasteiger charge is -2.45. The summed E-state index contributed by atoms with van der Waals surface area (Å²) in [5, 5.41) is 0. The molecule has 1 aliphatic rings. The predicted octanol–water partition coefficient (Wildman–Crippen LogP) is 5.04. The summed E-state index contributed by atoms with van der Waals surface area (Å²) in [6, 6.07) is 30.0. The number of ether oxygens (including phenoxy) is 4. The molecule has 4 rings (SSSR count). The second-order valence-electron chi connectivity index (χ2n) is 8.84. The highest BCUT2D eigenvalue weighted by atomic mass is 16.6. The maximum absolute atomic E-state index is 6.70. The van der Waals surface area contributed by atoms with Crippen LogP contribution < -0.4 is 5.73 Å². The highest BCUT2D eigenvalue weighted by Gasteiger charge is 2.45. The van der Waals surface area contributed by atoms with Gasteiger partial charge in [-0.05, 0) is 23.1 Å². The van der Waals surface area contributed by atoms with E-state index >= 15 is 0 Å². The van der Waals surface area contributed by atoms with Gasteiger partial charge in [-0.25, -0.2) is 0 Å². The lowest BCUT2D eigenvalue weighted by Crippen LogP contribution is -2.63. The topological polar surface area (TPSA) is 62.9 Å². The zero-order chi connectivity index (χ0) is 24.3. The Morgan fingerprint density at radius 2 is 1.17 bits per heavy atom. The van der Waals surface area contributed by atoms with Crippen LogP contribution in [-0.4, -0.2) is 37.1 Å². The molecular weight excluding hydrogens is 438 g/mol. The Morgan fingerprint density at radius 1 is 0.686 bits per heavy atom. The van der Waals surface area contributed by atoms with Gasteiger partial charge in [0.1, 0.15) is 18.3 Å². The van der Waals surface area contributed by atoms with Gasteiger partial charge in [-0.2, -0.15) is 0 Å². The number of rotatable bonds is 12. The van der Waals surface area contributed by atoms with Gasteiger partial charge in [-0.1, -0.05) is 97.1 Å². The SMILES string of the molecule is C=CC[C@H]1O[C@H](COCc2ccccc2)[C@@H](OCc2ccccc2)[C@H](OCc2ccccc2)[C@@H]1N. The van der Waals surface area contributed by atoms with Crippen molar-refractivity contribution in [2.75, 3.05) is 6.61 Å². The Balaban J connectivity index is 1.50. The molecule has 1 fully saturated rings. The Morgan fingerprint density at radius 3 is 1.69 bits per heavy atom. The minimum absolute atomic E-state index is 0.227. The summed E-state index contributed by atoms with van der Waals surface area (Å²) in [5.41, 5.74) is 9.98. The van der Waals surface area contributed by atoms with Crippen LogP contribution >= 0.6 is 0 Å². The van der Waals surface area contributed by atoms with Crippen LogP contribution in [0.3, 0.4) is 0 Å². The molecule has 5 heteroatoms. The van der Waals surface area contributed by atoms with E-state index in [9.17, 15) is 0 Å². The summed E-state index contributed by atoms with van der Waals surface area (Å²) in [7, 11) is 0. The third kappa shape index (κ3) is 7.34. The summed E-state index contributed by atoms with van der Waals surface area (Å²) >= 11 is 0. The minimum atomic E-state index is -0.384. The molecule has 0 spiro atoms. The van der Waals surface area contributed by atoms with E-state index in [1.54, 1.807) is 0 Å². The molecule has 1 aliphatic heterocycles. The fourth-order valence-electron chi connectivity index (χ4n) is 4.35. The molecule has 0 saturated carbocycles. The minimum Gasteiger partial charge on any atom is -0.374 e. The first-order valence-electron chi connectivity index (χ1n) is 12.2. The molecule has 0 amide bonds. The van der Waals surface area contributed by atoms with Gasteiger partial charge in [-0.3, -0.25) is 0 Å². The fraction of sp³-hybridized carbons (Fsp3) is 0.333. The van der Waals surface area contributed by atoms with Crippen molar-refractivity contribution in [3.05, 3.63) is 120 Å². The van der Waals surface area contributed by atoms with Crippen LogP contribution in [0.15, 0.2) is 104 Å². The second kappa shape index (κ2) is 13.3. The Hall–Kier alpha value is -2.80. The van der Waals surface area contributed by atoms with E-state index in [0.29, 0.717) is 32.8 Å².